The van der Waals surface area contributed by atoms with Gasteiger partial charge < -0.3 is 9.47 Å². The van der Waals surface area contributed by atoms with Crippen molar-refractivity contribution >= 4 is 0 Å². The highest BCUT2D eigenvalue weighted by atomic mass is 16.7. The lowest BCUT2D eigenvalue weighted by atomic mass is 10.1. The zero-order chi connectivity index (χ0) is 9.68. The minimum Gasteiger partial charge on any atom is -0.350 e. The lowest BCUT2D eigenvalue weighted by Gasteiger charge is -2.12. The molecule has 0 aromatic heterocycles. The van der Waals surface area contributed by atoms with Crippen molar-refractivity contribution in [1.29, 1.82) is 0 Å². The topological polar surface area (TPSA) is 18.5 Å². The molecule has 2 heteroatoms. The average Bonchev–Trinajstić information content (AvgIpc) is 2.48. The first-order valence-corrected chi connectivity index (χ1v) is 5.49. The van der Waals surface area contributed by atoms with Crippen LogP contribution in [0.1, 0.15) is 46.5 Å². The first-order valence-electron chi connectivity index (χ1n) is 5.49. The van der Waals surface area contributed by atoms with Crippen molar-refractivity contribution < 1.29 is 9.47 Å². The Morgan fingerprint density at radius 2 is 2.15 bits per heavy atom. The van der Waals surface area contributed by atoms with Crippen molar-refractivity contribution in [2.75, 3.05) is 6.61 Å². The van der Waals surface area contributed by atoms with E-state index in [9.17, 15) is 0 Å². The predicted octanol–water partition coefficient (Wildman–Crippen LogP) is 2.96. The molecule has 1 rings (SSSR count). The summed E-state index contributed by atoms with van der Waals surface area (Å²) in [5.74, 6) is 0.662. The molecular formula is C11H22O2. The lowest BCUT2D eigenvalue weighted by Crippen LogP contribution is -2.14. The van der Waals surface area contributed by atoms with Gasteiger partial charge in [0.25, 0.3) is 0 Å². The molecule has 0 N–H and O–H groups in total. The van der Waals surface area contributed by atoms with Gasteiger partial charge in [-0.25, -0.2) is 0 Å². The Hall–Kier alpha value is -0.0800. The van der Waals surface area contributed by atoms with Gasteiger partial charge in [0.1, 0.15) is 0 Å². The Kier molecular flexibility index (Phi) is 4.74. The minimum absolute atomic E-state index is 0.0712. The standard InChI is InChI=1S/C11H22O2/c1-4-5-6-10-8-12-11(13-10)7-9(2)3/h9-11H,4-8H2,1-3H3. The van der Waals surface area contributed by atoms with Gasteiger partial charge in [0, 0.05) is 6.42 Å². The Balaban J connectivity index is 2.12. The van der Waals surface area contributed by atoms with Crippen LogP contribution in [0, 0.1) is 5.92 Å². The molecule has 0 amide bonds. The van der Waals surface area contributed by atoms with Crippen molar-refractivity contribution in [3.63, 3.8) is 0 Å². The summed E-state index contributed by atoms with van der Waals surface area (Å²) >= 11 is 0. The van der Waals surface area contributed by atoms with Gasteiger partial charge in [-0.15, -0.1) is 0 Å². The van der Waals surface area contributed by atoms with E-state index in [1.54, 1.807) is 0 Å². The van der Waals surface area contributed by atoms with Crippen molar-refractivity contribution in [2.45, 2.75) is 58.8 Å². The van der Waals surface area contributed by atoms with E-state index < -0.39 is 0 Å². The highest BCUT2D eigenvalue weighted by Crippen LogP contribution is 2.21. The maximum absolute atomic E-state index is 5.75. The van der Waals surface area contributed by atoms with Crippen LogP contribution in [0.15, 0.2) is 0 Å². The van der Waals surface area contributed by atoms with E-state index in [1.807, 2.05) is 0 Å². The van der Waals surface area contributed by atoms with Crippen molar-refractivity contribution in [3.8, 4) is 0 Å². The largest absolute Gasteiger partial charge is 0.350 e. The zero-order valence-electron chi connectivity index (χ0n) is 9.08. The van der Waals surface area contributed by atoms with Crippen molar-refractivity contribution in [1.82, 2.24) is 0 Å². The van der Waals surface area contributed by atoms with Crippen molar-refractivity contribution in [3.05, 3.63) is 0 Å². The highest BCUT2D eigenvalue weighted by molar-refractivity contribution is 4.66. The third-order valence-electron chi connectivity index (χ3n) is 2.36. The molecule has 0 aromatic rings. The van der Waals surface area contributed by atoms with Crippen LogP contribution >= 0.6 is 0 Å². The van der Waals surface area contributed by atoms with Gasteiger partial charge in [-0.3, -0.25) is 0 Å². The molecule has 0 saturated carbocycles. The van der Waals surface area contributed by atoms with E-state index in [-0.39, 0.29) is 6.29 Å². The summed E-state index contributed by atoms with van der Waals surface area (Å²) in [6.07, 6.45) is 5.12. The van der Waals surface area contributed by atoms with E-state index in [1.165, 1.54) is 12.8 Å². The van der Waals surface area contributed by atoms with Crippen LogP contribution in [-0.2, 0) is 9.47 Å². The molecule has 1 aliphatic rings. The lowest BCUT2D eigenvalue weighted by molar-refractivity contribution is -0.0699. The normalized spacial score (nSPS) is 28.6. The summed E-state index contributed by atoms with van der Waals surface area (Å²) in [6, 6.07) is 0. The summed E-state index contributed by atoms with van der Waals surface area (Å²) < 4.78 is 11.3. The monoisotopic (exact) mass is 186 g/mol. The number of unbranched alkanes of at least 4 members (excludes halogenated alkanes) is 1. The second kappa shape index (κ2) is 5.61. The second-order valence-electron chi connectivity index (χ2n) is 4.29. The first-order chi connectivity index (χ1) is 6.22. The van der Waals surface area contributed by atoms with Crippen LogP contribution in [0.4, 0.5) is 0 Å². The van der Waals surface area contributed by atoms with Gasteiger partial charge in [0.2, 0.25) is 0 Å². The number of rotatable bonds is 5. The Labute approximate surface area is 81.6 Å². The van der Waals surface area contributed by atoms with Crippen LogP contribution in [0.2, 0.25) is 0 Å². The maximum Gasteiger partial charge on any atom is 0.158 e. The molecule has 2 nitrogen and oxygen atoms in total. The summed E-state index contributed by atoms with van der Waals surface area (Å²) in [4.78, 5) is 0. The molecule has 13 heavy (non-hydrogen) atoms. The summed E-state index contributed by atoms with van der Waals surface area (Å²) in [5.41, 5.74) is 0. The van der Waals surface area contributed by atoms with E-state index in [0.717, 1.165) is 19.4 Å². The van der Waals surface area contributed by atoms with Crippen LogP contribution < -0.4 is 0 Å². The summed E-state index contributed by atoms with van der Waals surface area (Å²) in [7, 11) is 0. The van der Waals surface area contributed by atoms with E-state index in [4.69, 9.17) is 9.47 Å². The van der Waals surface area contributed by atoms with Crippen LogP contribution in [0.25, 0.3) is 0 Å². The third-order valence-corrected chi connectivity index (χ3v) is 2.36. The van der Waals surface area contributed by atoms with Gasteiger partial charge in [-0.1, -0.05) is 33.6 Å². The maximum atomic E-state index is 5.75. The fraction of sp³-hybridized carbons (Fsp3) is 1.00. The van der Waals surface area contributed by atoms with Gasteiger partial charge in [-0.05, 0) is 12.3 Å². The summed E-state index contributed by atoms with van der Waals surface area (Å²) in [5, 5.41) is 0. The molecule has 1 aliphatic heterocycles. The Morgan fingerprint density at radius 3 is 2.77 bits per heavy atom. The Morgan fingerprint density at radius 1 is 1.38 bits per heavy atom. The first kappa shape index (κ1) is 11.0. The molecular weight excluding hydrogens is 164 g/mol. The summed E-state index contributed by atoms with van der Waals surface area (Å²) in [6.45, 7) is 7.41. The van der Waals surface area contributed by atoms with E-state index in [0.29, 0.717) is 12.0 Å². The molecule has 1 heterocycles. The van der Waals surface area contributed by atoms with Crippen LogP contribution in [-0.4, -0.2) is 19.0 Å². The highest BCUT2D eigenvalue weighted by Gasteiger charge is 2.25. The molecule has 0 aromatic carbocycles. The second-order valence-corrected chi connectivity index (χ2v) is 4.29. The van der Waals surface area contributed by atoms with Gasteiger partial charge in [0.05, 0.1) is 12.7 Å². The quantitative estimate of drug-likeness (QED) is 0.657. The number of hydrogen-bond acceptors (Lipinski definition) is 2. The molecule has 78 valence electrons. The number of ether oxygens (including phenoxy) is 2. The van der Waals surface area contributed by atoms with Gasteiger partial charge in [0.15, 0.2) is 6.29 Å². The average molecular weight is 186 g/mol. The molecule has 1 saturated heterocycles. The van der Waals surface area contributed by atoms with Crippen molar-refractivity contribution in [2.24, 2.45) is 5.92 Å². The zero-order valence-corrected chi connectivity index (χ0v) is 9.08. The fourth-order valence-corrected chi connectivity index (χ4v) is 1.60. The minimum atomic E-state index is 0.0712. The van der Waals surface area contributed by atoms with E-state index in [2.05, 4.69) is 20.8 Å². The smallest absolute Gasteiger partial charge is 0.158 e. The molecule has 0 bridgehead atoms. The van der Waals surface area contributed by atoms with E-state index >= 15 is 0 Å². The van der Waals surface area contributed by atoms with Gasteiger partial charge in [-0.2, -0.15) is 0 Å². The third kappa shape index (κ3) is 4.10. The molecule has 2 unspecified atom stereocenters. The van der Waals surface area contributed by atoms with Crippen LogP contribution in [0.5, 0.6) is 0 Å². The van der Waals surface area contributed by atoms with Gasteiger partial charge >= 0.3 is 0 Å². The molecule has 0 spiro atoms. The predicted molar refractivity (Wildman–Crippen MR) is 53.6 cm³/mol. The number of hydrogen-bond donors (Lipinski definition) is 0. The van der Waals surface area contributed by atoms with Crippen LogP contribution in [0.3, 0.4) is 0 Å². The fourth-order valence-electron chi connectivity index (χ4n) is 1.60. The molecule has 0 aliphatic carbocycles. The molecule has 0 radical (unpaired) electrons. The SMILES string of the molecule is CCCCC1COC(CC(C)C)O1. The molecule has 2 atom stereocenters. The Bertz CT molecular complexity index is 134. The molecule has 1 fully saturated rings.